The fraction of sp³-hybridized carbons (Fsp3) is 1.00. The van der Waals surface area contributed by atoms with Gasteiger partial charge in [0.15, 0.2) is 0 Å². The quantitative estimate of drug-likeness (QED) is 0.0572. The minimum Gasteiger partial charge on any atom is -0.309 e. The Morgan fingerprint density at radius 2 is 0.491 bits per heavy atom. The second kappa shape index (κ2) is 44.6. The summed E-state index contributed by atoms with van der Waals surface area (Å²) in [5.74, 6) is 1.85. The van der Waals surface area contributed by atoms with E-state index in [4.69, 9.17) is 0 Å². The van der Waals surface area contributed by atoms with E-state index in [0.29, 0.717) is 0 Å². The van der Waals surface area contributed by atoms with Crippen molar-refractivity contribution in [2.45, 2.75) is 278 Å². The molecule has 0 aliphatic carbocycles. The number of nitrogens with zero attached hydrogens (tertiary/aromatic N) is 2. The van der Waals surface area contributed by atoms with Crippen molar-refractivity contribution in [3.05, 3.63) is 0 Å². The summed E-state index contributed by atoms with van der Waals surface area (Å²) >= 11 is 0. The summed E-state index contributed by atoms with van der Waals surface area (Å²) in [6, 6.07) is 0. The van der Waals surface area contributed by atoms with Gasteiger partial charge < -0.3 is 9.80 Å². The summed E-state index contributed by atoms with van der Waals surface area (Å²) in [6.45, 7) is 14.8. The van der Waals surface area contributed by atoms with Gasteiger partial charge in [0.2, 0.25) is 0 Å². The van der Waals surface area contributed by atoms with E-state index < -0.39 is 0 Å². The molecule has 0 saturated heterocycles. The molecule has 320 valence electrons. The molecule has 0 rings (SSSR count). The Hall–Kier alpha value is -0.0800. The van der Waals surface area contributed by atoms with Gasteiger partial charge in [-0.25, -0.2) is 0 Å². The Morgan fingerprint density at radius 3 is 0.774 bits per heavy atom. The van der Waals surface area contributed by atoms with Crippen LogP contribution in [0.5, 0.6) is 0 Å². The van der Waals surface area contributed by atoms with Gasteiger partial charge in [-0.1, -0.05) is 240 Å². The molecule has 2 unspecified atom stereocenters. The summed E-state index contributed by atoms with van der Waals surface area (Å²) in [4.78, 5) is 5.40. The molecule has 0 bridgehead atoms. The van der Waals surface area contributed by atoms with Crippen LogP contribution in [0, 0.1) is 11.8 Å². The molecule has 2 nitrogen and oxygen atoms in total. The van der Waals surface area contributed by atoms with Crippen LogP contribution >= 0.6 is 0 Å². The van der Waals surface area contributed by atoms with Gasteiger partial charge in [-0.3, -0.25) is 0 Å². The predicted molar refractivity (Wildman–Crippen MR) is 245 cm³/mol. The number of unbranched alkanes of at least 4 members (excludes halogenated alkanes) is 30. The maximum atomic E-state index is 3.06. The van der Waals surface area contributed by atoms with Crippen molar-refractivity contribution in [3.8, 4) is 0 Å². The molecule has 0 aromatic rings. The van der Waals surface area contributed by atoms with Gasteiger partial charge in [0.1, 0.15) is 0 Å². The Morgan fingerprint density at radius 1 is 0.264 bits per heavy atom. The summed E-state index contributed by atoms with van der Waals surface area (Å²) in [5, 5.41) is 0. The first-order valence-electron chi connectivity index (χ1n) is 25.4. The third-order valence-corrected chi connectivity index (χ3v) is 12.5. The zero-order valence-electron chi connectivity index (χ0n) is 38.5. The molecule has 0 fully saturated rings. The molecule has 0 N–H and O–H groups in total. The molecule has 0 saturated carbocycles. The zero-order valence-corrected chi connectivity index (χ0v) is 38.5. The fourth-order valence-corrected chi connectivity index (χ4v) is 8.85. The summed E-state index contributed by atoms with van der Waals surface area (Å²) in [7, 11) is 4.43. The van der Waals surface area contributed by atoms with E-state index in [9.17, 15) is 0 Å². The molecule has 0 spiro atoms. The molecular formula is C51H106N2. The molecule has 0 amide bonds. The average molecular weight is 747 g/mol. The highest BCUT2D eigenvalue weighted by Crippen LogP contribution is 2.25. The van der Waals surface area contributed by atoms with E-state index in [1.165, 1.54) is 277 Å². The van der Waals surface area contributed by atoms with Crippen LogP contribution in [0.15, 0.2) is 0 Å². The van der Waals surface area contributed by atoms with E-state index in [1.807, 2.05) is 0 Å². The molecule has 0 aliphatic heterocycles. The zero-order chi connectivity index (χ0) is 38.7. The van der Waals surface area contributed by atoms with Gasteiger partial charge in [0.25, 0.3) is 0 Å². The Kier molecular flexibility index (Phi) is 44.6. The maximum absolute atomic E-state index is 3.06. The first kappa shape index (κ1) is 52.9. The van der Waals surface area contributed by atoms with Crippen LogP contribution in [-0.4, -0.2) is 50.1 Å². The molecule has 0 heterocycles. The van der Waals surface area contributed by atoms with E-state index >= 15 is 0 Å². The van der Waals surface area contributed by atoms with Gasteiger partial charge in [-0.15, -0.1) is 0 Å². The van der Waals surface area contributed by atoms with Crippen LogP contribution in [0.1, 0.15) is 278 Å². The first-order valence-corrected chi connectivity index (χ1v) is 25.4. The number of rotatable bonds is 46. The summed E-state index contributed by atoms with van der Waals surface area (Å²) in [5.41, 5.74) is 0. The minimum absolute atomic E-state index is 0.926. The monoisotopic (exact) mass is 747 g/mol. The lowest BCUT2D eigenvalue weighted by Gasteiger charge is -2.32. The van der Waals surface area contributed by atoms with E-state index in [0.717, 1.165) is 11.8 Å². The van der Waals surface area contributed by atoms with Crippen molar-refractivity contribution >= 4 is 0 Å². The van der Waals surface area contributed by atoms with Crippen molar-refractivity contribution < 1.29 is 0 Å². The van der Waals surface area contributed by atoms with Crippen LogP contribution in [0.2, 0.25) is 0 Å². The smallest absolute Gasteiger partial charge is 0.000977 e. The minimum atomic E-state index is 0.926. The van der Waals surface area contributed by atoms with Gasteiger partial charge in [-0.05, 0) is 77.5 Å². The molecule has 0 aromatic heterocycles. The third-order valence-electron chi connectivity index (χ3n) is 12.5. The first-order chi connectivity index (χ1) is 26.1. The maximum Gasteiger partial charge on any atom is 0.000977 e. The van der Waals surface area contributed by atoms with Gasteiger partial charge in [0, 0.05) is 13.1 Å². The van der Waals surface area contributed by atoms with E-state index in [1.54, 1.807) is 0 Å². The van der Waals surface area contributed by atoms with Crippen molar-refractivity contribution in [3.63, 3.8) is 0 Å². The number of hydrogen-bond donors (Lipinski definition) is 0. The van der Waals surface area contributed by atoms with Crippen molar-refractivity contribution in [1.82, 2.24) is 9.80 Å². The molecule has 53 heavy (non-hydrogen) atoms. The SMILES string of the molecule is CCCCCCCCCCCCC(CCCCCCCCCC)CN(CCCCCCCCCN(C)C)CC(CCCCCC)CCCCCCCC. The Balaban J connectivity index is 5.31. The largest absolute Gasteiger partial charge is 0.309 e. The molecule has 0 radical (unpaired) electrons. The van der Waals surface area contributed by atoms with Crippen LogP contribution in [0.3, 0.4) is 0 Å². The van der Waals surface area contributed by atoms with Crippen molar-refractivity contribution in [2.75, 3.05) is 40.3 Å². The molecule has 2 heteroatoms. The van der Waals surface area contributed by atoms with Crippen molar-refractivity contribution in [2.24, 2.45) is 11.8 Å². The Labute approximate surface area is 339 Å². The molecular weight excluding hydrogens is 641 g/mol. The summed E-state index contributed by atoms with van der Waals surface area (Å²) in [6.07, 6.45) is 56.6. The number of hydrogen-bond acceptors (Lipinski definition) is 2. The van der Waals surface area contributed by atoms with Gasteiger partial charge in [0.05, 0.1) is 0 Å². The second-order valence-corrected chi connectivity index (χ2v) is 18.4. The topological polar surface area (TPSA) is 6.48 Å². The molecule has 2 atom stereocenters. The normalized spacial score (nSPS) is 13.1. The lowest BCUT2D eigenvalue weighted by atomic mass is 9.91. The second-order valence-electron chi connectivity index (χ2n) is 18.4. The predicted octanol–water partition coefficient (Wildman–Crippen LogP) is 17.4. The van der Waals surface area contributed by atoms with Gasteiger partial charge >= 0.3 is 0 Å². The standard InChI is InChI=1S/C51H106N2/c1-7-11-15-19-22-24-25-28-33-39-45-51(44-38-32-27-23-20-16-12-8-2)49-53(47-41-35-30-26-29-34-40-46-52(5)6)48-50(42-36-18-14-10-4)43-37-31-21-17-13-9-3/h50-51H,7-49H2,1-6H3. The van der Waals surface area contributed by atoms with Crippen LogP contribution in [0.25, 0.3) is 0 Å². The highest BCUT2D eigenvalue weighted by molar-refractivity contribution is 4.73. The summed E-state index contributed by atoms with van der Waals surface area (Å²) < 4.78 is 0. The molecule has 0 aliphatic rings. The average Bonchev–Trinajstić information content (AvgIpc) is 3.15. The van der Waals surface area contributed by atoms with Crippen LogP contribution in [0.4, 0.5) is 0 Å². The lowest BCUT2D eigenvalue weighted by Crippen LogP contribution is -2.35. The fourth-order valence-electron chi connectivity index (χ4n) is 8.85. The van der Waals surface area contributed by atoms with Crippen molar-refractivity contribution in [1.29, 1.82) is 0 Å². The Bertz CT molecular complexity index is 646. The van der Waals surface area contributed by atoms with E-state index in [-0.39, 0.29) is 0 Å². The van der Waals surface area contributed by atoms with Gasteiger partial charge in [-0.2, -0.15) is 0 Å². The van der Waals surface area contributed by atoms with Crippen LogP contribution in [-0.2, 0) is 0 Å². The highest BCUT2D eigenvalue weighted by atomic mass is 15.1. The van der Waals surface area contributed by atoms with E-state index in [2.05, 4.69) is 51.6 Å². The molecule has 0 aromatic carbocycles. The highest BCUT2D eigenvalue weighted by Gasteiger charge is 2.19. The third kappa shape index (κ3) is 41.4. The van der Waals surface area contributed by atoms with Crippen LogP contribution < -0.4 is 0 Å². The lowest BCUT2D eigenvalue weighted by molar-refractivity contribution is 0.170.